The topological polar surface area (TPSA) is 94.2 Å². The first-order valence-corrected chi connectivity index (χ1v) is 14.1. The quantitative estimate of drug-likeness (QED) is 0.226. The fourth-order valence-electron chi connectivity index (χ4n) is 5.72. The van der Waals surface area contributed by atoms with E-state index in [4.69, 9.17) is 18.9 Å². The van der Waals surface area contributed by atoms with Gasteiger partial charge in [0.2, 0.25) is 0 Å². The van der Waals surface area contributed by atoms with Gasteiger partial charge in [-0.15, -0.1) is 0 Å². The van der Waals surface area contributed by atoms with E-state index in [1.165, 1.54) is 11.1 Å². The Labute approximate surface area is 246 Å². The summed E-state index contributed by atoms with van der Waals surface area (Å²) < 4.78 is 22.5. The van der Waals surface area contributed by atoms with Crippen molar-refractivity contribution in [2.24, 2.45) is 0 Å². The standard InChI is InChI=1S/C33H38N4O5/c1-39-24-20-23-13-17-37(16-7-14-35-33(38)36-27-12-15-34-26-9-6-5-8-25(26)27)28(32(23)31(21-24)42-4)18-22-10-11-29(40-2)30(19-22)41-3/h5-6,8-12,15,19-21,28H,7,13-14,16-18H2,1-4H3,(H2,34,35,36,38). The molecule has 0 aliphatic carbocycles. The van der Waals surface area contributed by atoms with Gasteiger partial charge in [-0.05, 0) is 60.7 Å². The maximum absolute atomic E-state index is 12.7. The zero-order valence-electron chi connectivity index (χ0n) is 24.6. The van der Waals surface area contributed by atoms with Crippen LogP contribution in [0.15, 0.2) is 66.9 Å². The Bertz CT molecular complexity index is 1520. The van der Waals surface area contributed by atoms with E-state index in [1.54, 1.807) is 34.6 Å². The number of hydrogen-bond donors (Lipinski definition) is 2. The van der Waals surface area contributed by atoms with Crippen LogP contribution < -0.4 is 29.6 Å². The average Bonchev–Trinajstić information content (AvgIpc) is 3.03. The highest BCUT2D eigenvalue weighted by Crippen LogP contribution is 2.42. The smallest absolute Gasteiger partial charge is 0.319 e. The van der Waals surface area contributed by atoms with Crippen LogP contribution in [0, 0.1) is 0 Å². The summed E-state index contributed by atoms with van der Waals surface area (Å²) >= 11 is 0. The Morgan fingerprint density at radius 3 is 2.52 bits per heavy atom. The highest BCUT2D eigenvalue weighted by molar-refractivity contribution is 6.00. The molecule has 1 aliphatic heterocycles. The fourth-order valence-corrected chi connectivity index (χ4v) is 5.72. The second kappa shape index (κ2) is 13.4. The van der Waals surface area contributed by atoms with Crippen LogP contribution in [0.2, 0.25) is 0 Å². The molecule has 0 radical (unpaired) electrons. The minimum Gasteiger partial charge on any atom is -0.497 e. The highest BCUT2D eigenvalue weighted by Gasteiger charge is 2.31. The van der Waals surface area contributed by atoms with Crippen LogP contribution in [0.4, 0.5) is 10.5 Å². The number of hydrogen-bond acceptors (Lipinski definition) is 7. The zero-order valence-corrected chi connectivity index (χ0v) is 24.6. The largest absolute Gasteiger partial charge is 0.497 e. The molecule has 5 rings (SSSR count). The summed E-state index contributed by atoms with van der Waals surface area (Å²) in [6.07, 6.45) is 4.14. The van der Waals surface area contributed by atoms with Gasteiger partial charge in [-0.25, -0.2) is 4.79 Å². The van der Waals surface area contributed by atoms with Gasteiger partial charge in [-0.1, -0.05) is 24.3 Å². The number of ether oxygens (including phenoxy) is 4. The van der Waals surface area contributed by atoms with Crippen molar-refractivity contribution in [2.75, 3.05) is 53.4 Å². The van der Waals surface area contributed by atoms with Crippen molar-refractivity contribution >= 4 is 22.6 Å². The molecule has 0 saturated heterocycles. The van der Waals surface area contributed by atoms with Crippen LogP contribution in [0.25, 0.3) is 10.9 Å². The van der Waals surface area contributed by atoms with Gasteiger partial charge in [0.15, 0.2) is 11.5 Å². The molecule has 1 aromatic heterocycles. The van der Waals surface area contributed by atoms with Crippen molar-refractivity contribution in [1.29, 1.82) is 0 Å². The predicted molar refractivity (Wildman–Crippen MR) is 164 cm³/mol. The number of amides is 2. The third-order valence-corrected chi connectivity index (χ3v) is 7.78. The van der Waals surface area contributed by atoms with Crippen LogP contribution in [-0.4, -0.2) is 64.0 Å². The Hall–Kier alpha value is -4.50. The van der Waals surface area contributed by atoms with Crippen molar-refractivity contribution in [2.45, 2.75) is 25.3 Å². The number of para-hydroxylation sites is 1. The monoisotopic (exact) mass is 570 g/mol. The molecule has 42 heavy (non-hydrogen) atoms. The number of nitrogens with zero attached hydrogens (tertiary/aromatic N) is 2. The van der Waals surface area contributed by atoms with Gasteiger partial charge in [0.1, 0.15) is 11.5 Å². The third-order valence-electron chi connectivity index (χ3n) is 7.78. The molecule has 1 aliphatic rings. The molecule has 0 bridgehead atoms. The van der Waals surface area contributed by atoms with Crippen molar-refractivity contribution < 1.29 is 23.7 Å². The lowest BCUT2D eigenvalue weighted by molar-refractivity contribution is 0.176. The van der Waals surface area contributed by atoms with Crippen LogP contribution >= 0.6 is 0 Å². The van der Waals surface area contributed by atoms with Gasteiger partial charge in [-0.2, -0.15) is 0 Å². The van der Waals surface area contributed by atoms with Gasteiger partial charge in [-0.3, -0.25) is 9.88 Å². The van der Waals surface area contributed by atoms with Crippen LogP contribution in [0.5, 0.6) is 23.0 Å². The molecule has 1 unspecified atom stereocenters. The summed E-state index contributed by atoms with van der Waals surface area (Å²) in [4.78, 5) is 19.6. The fraction of sp³-hybridized carbons (Fsp3) is 0.333. The van der Waals surface area contributed by atoms with E-state index >= 15 is 0 Å². The maximum Gasteiger partial charge on any atom is 0.319 e. The molecule has 2 heterocycles. The Balaban J connectivity index is 1.29. The van der Waals surface area contributed by atoms with Crippen LogP contribution in [0.1, 0.15) is 29.2 Å². The first kappa shape index (κ1) is 29.0. The lowest BCUT2D eigenvalue weighted by Gasteiger charge is -2.38. The second-order valence-corrected chi connectivity index (χ2v) is 10.2. The minimum absolute atomic E-state index is 0.0738. The van der Waals surface area contributed by atoms with E-state index in [0.717, 1.165) is 66.0 Å². The van der Waals surface area contributed by atoms with Gasteiger partial charge < -0.3 is 29.6 Å². The van der Waals surface area contributed by atoms with Crippen LogP contribution in [-0.2, 0) is 12.8 Å². The normalized spacial score (nSPS) is 14.6. The number of carbonyl (C=O) groups is 1. The number of anilines is 1. The SMILES string of the molecule is COc1cc2c(c(OC)c1)C(Cc1ccc(OC)c(OC)c1)N(CCCNC(=O)Nc1ccnc3ccccc13)CC2. The molecule has 9 nitrogen and oxygen atoms in total. The van der Waals surface area contributed by atoms with E-state index in [9.17, 15) is 4.79 Å². The predicted octanol–water partition coefficient (Wildman–Crippen LogP) is 5.62. The second-order valence-electron chi connectivity index (χ2n) is 10.2. The molecule has 4 aromatic rings. The molecule has 1 atom stereocenters. The summed E-state index contributed by atoms with van der Waals surface area (Å²) in [6, 6.07) is 19.5. The molecular weight excluding hydrogens is 532 g/mol. The number of nitrogens with one attached hydrogen (secondary N) is 2. The van der Waals surface area contributed by atoms with Crippen molar-refractivity contribution in [3.63, 3.8) is 0 Å². The van der Waals surface area contributed by atoms with Gasteiger partial charge >= 0.3 is 6.03 Å². The zero-order chi connectivity index (χ0) is 29.5. The summed E-state index contributed by atoms with van der Waals surface area (Å²) in [5.41, 5.74) is 5.12. The lowest BCUT2D eigenvalue weighted by atomic mass is 9.87. The maximum atomic E-state index is 12.7. The summed E-state index contributed by atoms with van der Waals surface area (Å²) in [5, 5.41) is 6.89. The molecule has 2 N–H and O–H groups in total. The lowest BCUT2D eigenvalue weighted by Crippen LogP contribution is -2.39. The third kappa shape index (κ3) is 6.36. The first-order chi connectivity index (χ1) is 20.5. The molecule has 2 amide bonds. The number of pyridine rings is 1. The van der Waals surface area contributed by atoms with Gasteiger partial charge in [0, 0.05) is 48.9 Å². The highest BCUT2D eigenvalue weighted by atomic mass is 16.5. The van der Waals surface area contributed by atoms with E-state index in [0.29, 0.717) is 18.0 Å². The molecule has 220 valence electrons. The van der Waals surface area contributed by atoms with E-state index in [-0.39, 0.29) is 12.1 Å². The van der Waals surface area contributed by atoms with E-state index in [2.05, 4.69) is 32.7 Å². The summed E-state index contributed by atoms with van der Waals surface area (Å²) in [6.45, 7) is 2.24. The molecular formula is C33H38N4O5. The Morgan fingerprint density at radius 2 is 1.74 bits per heavy atom. The Kier molecular flexibility index (Phi) is 9.28. The van der Waals surface area contributed by atoms with Crippen LogP contribution in [0.3, 0.4) is 0 Å². The Morgan fingerprint density at radius 1 is 0.929 bits per heavy atom. The van der Waals surface area contributed by atoms with Gasteiger partial charge in [0.05, 0.1) is 39.6 Å². The van der Waals surface area contributed by atoms with Gasteiger partial charge in [0.25, 0.3) is 0 Å². The van der Waals surface area contributed by atoms with E-state index < -0.39 is 0 Å². The number of rotatable bonds is 11. The average molecular weight is 571 g/mol. The van der Waals surface area contributed by atoms with Crippen molar-refractivity contribution in [3.05, 3.63) is 83.6 Å². The number of methoxy groups -OCH3 is 4. The molecule has 9 heteroatoms. The first-order valence-electron chi connectivity index (χ1n) is 14.1. The van der Waals surface area contributed by atoms with Crippen molar-refractivity contribution in [1.82, 2.24) is 15.2 Å². The summed E-state index contributed by atoms with van der Waals surface area (Å²) in [7, 11) is 6.68. The number of urea groups is 1. The number of aromatic nitrogens is 1. The van der Waals surface area contributed by atoms with Crippen molar-refractivity contribution in [3.8, 4) is 23.0 Å². The summed E-state index contributed by atoms with van der Waals surface area (Å²) in [5.74, 6) is 3.02. The minimum atomic E-state index is -0.231. The number of carbonyl (C=O) groups excluding carboxylic acids is 1. The van der Waals surface area contributed by atoms with E-state index in [1.807, 2.05) is 48.5 Å². The number of fused-ring (bicyclic) bond motifs is 2. The molecule has 3 aromatic carbocycles. The molecule has 0 fully saturated rings. The molecule has 0 spiro atoms. The number of benzene rings is 3. The molecule has 0 saturated carbocycles.